The summed E-state index contributed by atoms with van der Waals surface area (Å²) in [6.45, 7) is 0. The topological polar surface area (TPSA) is 114 Å². The second-order valence-electron chi connectivity index (χ2n) is 8.19. The fraction of sp³-hybridized carbons (Fsp3) is 0.0769. The third-order valence-corrected chi connectivity index (χ3v) is 7.34. The molecule has 170 valence electrons. The summed E-state index contributed by atoms with van der Waals surface area (Å²) < 4.78 is 31.1. The maximum Gasteiger partial charge on any atom is 0.264 e. The lowest BCUT2D eigenvalue weighted by Gasteiger charge is -2.10. The summed E-state index contributed by atoms with van der Waals surface area (Å²) in [7, 11) is -1.83. The van der Waals surface area contributed by atoms with E-state index in [9.17, 15) is 8.42 Å². The number of nitrogen functional groups attached to an aromatic ring is 1. The monoisotopic (exact) mass is 469 g/mol. The number of benzene rings is 3. The van der Waals surface area contributed by atoms with Gasteiger partial charge in [-0.05, 0) is 42.0 Å². The van der Waals surface area contributed by atoms with Crippen molar-refractivity contribution >= 4 is 43.4 Å². The Balaban J connectivity index is 1.44. The van der Waals surface area contributed by atoms with E-state index < -0.39 is 10.0 Å². The van der Waals surface area contributed by atoms with Crippen molar-refractivity contribution in [1.82, 2.24) is 9.55 Å². The molecule has 2 aromatic heterocycles. The van der Waals surface area contributed by atoms with Gasteiger partial charge in [-0.3, -0.25) is 15.1 Å². The number of sulfonamides is 1. The van der Waals surface area contributed by atoms with Gasteiger partial charge in [0.2, 0.25) is 0 Å². The fourth-order valence-electron chi connectivity index (χ4n) is 4.15. The molecule has 0 aliphatic carbocycles. The van der Waals surface area contributed by atoms with Crippen LogP contribution in [0.25, 0.3) is 21.8 Å². The Labute approximate surface area is 197 Å². The molecule has 7 nitrogen and oxygen atoms in total. The van der Waals surface area contributed by atoms with Crippen LogP contribution >= 0.6 is 0 Å². The Bertz CT molecular complexity index is 1650. The summed E-state index contributed by atoms with van der Waals surface area (Å²) >= 11 is 0. The van der Waals surface area contributed by atoms with Crippen LogP contribution in [0.2, 0.25) is 0 Å². The van der Waals surface area contributed by atoms with Crippen LogP contribution in [0.1, 0.15) is 16.8 Å². The van der Waals surface area contributed by atoms with E-state index >= 15 is 0 Å². The number of amidine groups is 1. The molecule has 5 aromatic rings. The normalized spacial score (nSPS) is 11.7. The largest absolute Gasteiger partial charge is 0.384 e. The highest BCUT2D eigenvalue weighted by Gasteiger charge is 2.19. The molecule has 2 heterocycles. The maximum absolute atomic E-state index is 13.2. The Morgan fingerprint density at radius 1 is 1.00 bits per heavy atom. The smallest absolute Gasteiger partial charge is 0.264 e. The number of hydrogen-bond donors (Lipinski definition) is 3. The van der Waals surface area contributed by atoms with Crippen molar-refractivity contribution in [2.24, 2.45) is 12.8 Å². The molecule has 4 N–H and O–H groups in total. The van der Waals surface area contributed by atoms with Crippen molar-refractivity contribution in [3.63, 3.8) is 0 Å². The molecule has 0 atom stereocenters. The molecule has 0 saturated carbocycles. The maximum atomic E-state index is 13.2. The Morgan fingerprint density at radius 2 is 1.76 bits per heavy atom. The van der Waals surface area contributed by atoms with Gasteiger partial charge in [-0.15, -0.1) is 0 Å². The van der Waals surface area contributed by atoms with Crippen LogP contribution in [0.3, 0.4) is 0 Å². The molecule has 0 saturated heterocycles. The molecule has 0 aliphatic heterocycles. The van der Waals surface area contributed by atoms with Crippen molar-refractivity contribution < 1.29 is 8.42 Å². The van der Waals surface area contributed by atoms with Crippen LogP contribution < -0.4 is 10.5 Å². The van der Waals surface area contributed by atoms with Gasteiger partial charge in [0.05, 0.1) is 5.52 Å². The van der Waals surface area contributed by atoms with E-state index in [4.69, 9.17) is 11.1 Å². The lowest BCUT2D eigenvalue weighted by Crippen LogP contribution is -2.13. The predicted molar refractivity (Wildman–Crippen MR) is 136 cm³/mol. The van der Waals surface area contributed by atoms with Gasteiger partial charge < -0.3 is 10.3 Å². The van der Waals surface area contributed by atoms with E-state index in [2.05, 4.69) is 20.3 Å². The zero-order valence-corrected chi connectivity index (χ0v) is 19.3. The average Bonchev–Trinajstić information content (AvgIpc) is 3.13. The second-order valence-corrected chi connectivity index (χ2v) is 9.84. The number of nitrogens with zero attached hydrogens (tertiary/aromatic N) is 2. The molecule has 0 aliphatic rings. The molecule has 0 bridgehead atoms. The van der Waals surface area contributed by atoms with E-state index in [1.165, 1.54) is 0 Å². The number of hydrogen-bond acceptors (Lipinski definition) is 4. The van der Waals surface area contributed by atoms with E-state index in [1.54, 1.807) is 30.5 Å². The number of nitrogens with two attached hydrogens (primary N) is 1. The van der Waals surface area contributed by atoms with Gasteiger partial charge in [-0.2, -0.15) is 0 Å². The fourth-order valence-corrected chi connectivity index (χ4v) is 5.38. The number of nitrogens with one attached hydrogen (secondary N) is 2. The lowest BCUT2D eigenvalue weighted by atomic mass is 10.1. The highest BCUT2D eigenvalue weighted by molar-refractivity contribution is 7.93. The van der Waals surface area contributed by atoms with E-state index in [-0.39, 0.29) is 10.7 Å². The Morgan fingerprint density at radius 3 is 2.53 bits per heavy atom. The van der Waals surface area contributed by atoms with Gasteiger partial charge in [-0.25, -0.2) is 8.42 Å². The second kappa shape index (κ2) is 8.31. The third kappa shape index (κ3) is 3.99. The first-order chi connectivity index (χ1) is 16.3. The lowest BCUT2D eigenvalue weighted by molar-refractivity contribution is 0.602. The molecule has 0 spiro atoms. The van der Waals surface area contributed by atoms with Crippen molar-refractivity contribution in [1.29, 1.82) is 5.41 Å². The van der Waals surface area contributed by atoms with Crippen LogP contribution in [0.15, 0.2) is 90.0 Å². The summed E-state index contributed by atoms with van der Waals surface area (Å²) in [6, 6.07) is 23.9. The highest BCUT2D eigenvalue weighted by Crippen LogP contribution is 2.27. The average molecular weight is 470 g/mol. The van der Waals surface area contributed by atoms with E-state index in [0.29, 0.717) is 23.2 Å². The molecule has 0 unspecified atom stereocenters. The Kier molecular flexibility index (Phi) is 5.30. The molecular weight excluding hydrogens is 446 g/mol. The predicted octanol–water partition coefficient (Wildman–Crippen LogP) is 4.40. The summed E-state index contributed by atoms with van der Waals surface area (Å²) in [4.78, 5) is 4.41. The standard InChI is InChI=1S/C26H23N5O2S/c1-31-22(14-17-7-9-19(10-8-17)26(27)28)16-20-15-21(11-12-23(20)31)30-34(32,33)24-6-2-4-18-5-3-13-29-25(18)24/h2-13,15-16,30H,14H2,1H3,(H3,27,28). The summed E-state index contributed by atoms with van der Waals surface area (Å²) in [6.07, 6.45) is 2.29. The minimum absolute atomic E-state index is 0.0467. The molecule has 8 heteroatoms. The van der Waals surface area contributed by atoms with Gasteiger partial charge in [0.25, 0.3) is 10.0 Å². The summed E-state index contributed by atoms with van der Waals surface area (Å²) in [5, 5.41) is 9.24. The van der Waals surface area contributed by atoms with Crippen molar-refractivity contribution in [2.75, 3.05) is 4.72 Å². The molecule has 3 aromatic carbocycles. The highest BCUT2D eigenvalue weighted by atomic mass is 32.2. The number of fused-ring (bicyclic) bond motifs is 2. The van der Waals surface area contributed by atoms with Crippen molar-refractivity contribution in [2.45, 2.75) is 11.3 Å². The van der Waals surface area contributed by atoms with Crippen molar-refractivity contribution in [3.8, 4) is 0 Å². The number of rotatable bonds is 6. The molecular formula is C26H23N5O2S. The number of para-hydroxylation sites is 1. The van der Waals surface area contributed by atoms with Crippen LogP contribution in [0.4, 0.5) is 5.69 Å². The van der Waals surface area contributed by atoms with Gasteiger partial charge in [-0.1, -0.05) is 42.5 Å². The van der Waals surface area contributed by atoms with Crippen molar-refractivity contribution in [3.05, 3.63) is 102 Å². The number of pyridine rings is 1. The molecule has 5 rings (SSSR count). The number of anilines is 1. The van der Waals surface area contributed by atoms with Gasteiger partial charge >= 0.3 is 0 Å². The van der Waals surface area contributed by atoms with Gasteiger partial charge in [0.15, 0.2) is 0 Å². The van der Waals surface area contributed by atoms with Crippen LogP contribution in [-0.4, -0.2) is 23.8 Å². The summed E-state index contributed by atoms with van der Waals surface area (Å²) in [5.74, 6) is 0.0467. The first-order valence-corrected chi connectivity index (χ1v) is 12.2. The van der Waals surface area contributed by atoms with E-state index in [1.807, 2.05) is 55.6 Å². The minimum Gasteiger partial charge on any atom is -0.384 e. The Hall–Kier alpha value is -4.17. The zero-order chi connectivity index (χ0) is 23.9. The van der Waals surface area contributed by atoms with Crippen LogP contribution in [0.5, 0.6) is 0 Å². The van der Waals surface area contributed by atoms with Crippen LogP contribution in [-0.2, 0) is 23.5 Å². The SMILES string of the molecule is Cn1c(Cc2ccc(C(=N)N)cc2)cc2cc(NS(=O)(=O)c3cccc4cccnc34)ccc21. The zero-order valence-electron chi connectivity index (χ0n) is 18.5. The van der Waals surface area contributed by atoms with Gasteiger partial charge in [0, 0.05) is 52.9 Å². The third-order valence-electron chi connectivity index (χ3n) is 5.93. The minimum atomic E-state index is -3.82. The molecule has 0 amide bonds. The van der Waals surface area contributed by atoms with E-state index in [0.717, 1.165) is 27.5 Å². The quantitative estimate of drug-likeness (QED) is 0.253. The molecule has 0 fully saturated rings. The number of aryl methyl sites for hydroxylation is 1. The molecule has 34 heavy (non-hydrogen) atoms. The van der Waals surface area contributed by atoms with Crippen LogP contribution in [0, 0.1) is 5.41 Å². The number of aromatic nitrogens is 2. The summed E-state index contributed by atoms with van der Waals surface area (Å²) in [5.41, 5.74) is 10.4. The van der Waals surface area contributed by atoms with Gasteiger partial charge in [0.1, 0.15) is 10.7 Å². The molecule has 0 radical (unpaired) electrons. The first-order valence-electron chi connectivity index (χ1n) is 10.7. The first kappa shape index (κ1) is 21.7.